The molecule has 1 amide bonds. The number of nitrogens with one attached hydrogen (secondary N) is 1. The van der Waals surface area contributed by atoms with Crippen LogP contribution in [0.5, 0.6) is 0 Å². The molecular formula is C14H15Cl2NO3. The van der Waals surface area contributed by atoms with Crippen LogP contribution in [0.4, 0.5) is 5.69 Å². The van der Waals surface area contributed by atoms with Crippen LogP contribution in [0.3, 0.4) is 0 Å². The van der Waals surface area contributed by atoms with Gasteiger partial charge in [0.2, 0.25) is 5.91 Å². The number of carboxylic acids is 1. The Kier molecular flexibility index (Phi) is 4.55. The SMILES string of the molecule is CC1C[C@H](C(=O)Nc2ccc(Cl)c(Cl)c2)[C@H](C(=O)O)C1. The van der Waals surface area contributed by atoms with Crippen LogP contribution in [-0.4, -0.2) is 17.0 Å². The van der Waals surface area contributed by atoms with Crippen molar-refractivity contribution in [1.29, 1.82) is 0 Å². The number of amides is 1. The third-order valence-corrected chi connectivity index (χ3v) is 4.38. The Labute approximate surface area is 127 Å². The van der Waals surface area contributed by atoms with Gasteiger partial charge in [0.15, 0.2) is 0 Å². The average molecular weight is 316 g/mol. The van der Waals surface area contributed by atoms with Gasteiger partial charge in [-0.15, -0.1) is 0 Å². The van der Waals surface area contributed by atoms with Crippen molar-refractivity contribution in [2.24, 2.45) is 17.8 Å². The molecule has 3 atom stereocenters. The number of rotatable bonds is 3. The Bertz CT molecular complexity index is 547. The predicted molar refractivity (Wildman–Crippen MR) is 78.1 cm³/mol. The molecule has 0 heterocycles. The van der Waals surface area contributed by atoms with Crippen molar-refractivity contribution in [2.75, 3.05) is 5.32 Å². The summed E-state index contributed by atoms with van der Waals surface area (Å²) < 4.78 is 0. The van der Waals surface area contributed by atoms with Gasteiger partial charge < -0.3 is 10.4 Å². The molecule has 1 aromatic rings. The first kappa shape index (κ1) is 15.1. The van der Waals surface area contributed by atoms with Crippen LogP contribution in [0.2, 0.25) is 10.0 Å². The first-order valence-corrected chi connectivity index (χ1v) is 7.12. The van der Waals surface area contributed by atoms with E-state index in [1.54, 1.807) is 18.2 Å². The van der Waals surface area contributed by atoms with Gasteiger partial charge in [0.05, 0.1) is 21.9 Å². The minimum atomic E-state index is -0.913. The van der Waals surface area contributed by atoms with Gasteiger partial charge in [-0.3, -0.25) is 9.59 Å². The zero-order chi connectivity index (χ0) is 14.9. The Morgan fingerprint density at radius 3 is 2.45 bits per heavy atom. The normalized spacial score (nSPS) is 25.4. The minimum Gasteiger partial charge on any atom is -0.481 e. The third-order valence-electron chi connectivity index (χ3n) is 3.64. The summed E-state index contributed by atoms with van der Waals surface area (Å²) in [4.78, 5) is 23.4. The van der Waals surface area contributed by atoms with Crippen molar-refractivity contribution >= 4 is 40.8 Å². The number of halogens is 2. The van der Waals surface area contributed by atoms with Crippen LogP contribution in [0.1, 0.15) is 19.8 Å². The minimum absolute atomic E-state index is 0.237. The van der Waals surface area contributed by atoms with Crippen LogP contribution in [0, 0.1) is 17.8 Å². The molecule has 1 aliphatic carbocycles. The number of anilines is 1. The Morgan fingerprint density at radius 2 is 1.85 bits per heavy atom. The number of hydrogen-bond donors (Lipinski definition) is 2. The lowest BCUT2D eigenvalue weighted by atomic mass is 9.95. The highest BCUT2D eigenvalue weighted by atomic mass is 35.5. The van der Waals surface area contributed by atoms with Gasteiger partial charge in [0.1, 0.15) is 0 Å². The predicted octanol–water partition coefficient (Wildman–Crippen LogP) is 3.68. The number of aliphatic carboxylic acids is 1. The molecule has 1 aliphatic rings. The number of carboxylic acid groups (broad SMARTS) is 1. The topological polar surface area (TPSA) is 66.4 Å². The van der Waals surface area contributed by atoms with E-state index >= 15 is 0 Å². The quantitative estimate of drug-likeness (QED) is 0.894. The molecule has 0 aromatic heterocycles. The fourth-order valence-corrected chi connectivity index (χ4v) is 2.96. The van der Waals surface area contributed by atoms with Gasteiger partial charge in [-0.05, 0) is 37.0 Å². The molecule has 0 radical (unpaired) electrons. The standard InChI is InChI=1S/C14H15Cl2NO3/c1-7-4-9(10(5-7)14(19)20)13(18)17-8-2-3-11(15)12(16)6-8/h2-3,6-7,9-10H,4-5H2,1H3,(H,17,18)(H,19,20)/t7?,9-,10+/m0/s1. The molecule has 6 heteroatoms. The first-order chi connectivity index (χ1) is 9.38. The third kappa shape index (κ3) is 3.25. The molecule has 0 aliphatic heterocycles. The molecule has 0 spiro atoms. The van der Waals surface area contributed by atoms with Crippen molar-refractivity contribution in [3.8, 4) is 0 Å². The molecule has 1 unspecified atom stereocenters. The molecule has 1 aromatic carbocycles. The Hall–Kier alpha value is -1.26. The molecule has 20 heavy (non-hydrogen) atoms. The summed E-state index contributed by atoms with van der Waals surface area (Å²) in [5.74, 6) is -2.07. The number of carbonyl (C=O) groups is 2. The lowest BCUT2D eigenvalue weighted by molar-refractivity contribution is -0.145. The highest BCUT2D eigenvalue weighted by molar-refractivity contribution is 6.42. The van der Waals surface area contributed by atoms with Gasteiger partial charge in [0, 0.05) is 5.69 Å². The molecule has 2 rings (SSSR count). The van der Waals surface area contributed by atoms with Gasteiger partial charge in [-0.2, -0.15) is 0 Å². The number of hydrogen-bond acceptors (Lipinski definition) is 2. The molecular weight excluding hydrogens is 301 g/mol. The first-order valence-electron chi connectivity index (χ1n) is 6.37. The van der Waals surface area contributed by atoms with Crippen LogP contribution < -0.4 is 5.32 Å². The fourth-order valence-electron chi connectivity index (χ4n) is 2.66. The molecule has 0 bridgehead atoms. The average Bonchev–Trinajstić information content (AvgIpc) is 2.76. The molecule has 1 saturated carbocycles. The largest absolute Gasteiger partial charge is 0.481 e. The van der Waals surface area contributed by atoms with Gasteiger partial charge >= 0.3 is 5.97 Å². The van der Waals surface area contributed by atoms with Crippen molar-refractivity contribution in [3.63, 3.8) is 0 Å². The molecule has 4 nitrogen and oxygen atoms in total. The van der Waals surface area contributed by atoms with E-state index in [0.717, 1.165) is 0 Å². The van der Waals surface area contributed by atoms with Crippen molar-refractivity contribution in [1.82, 2.24) is 0 Å². The maximum absolute atomic E-state index is 12.2. The number of benzene rings is 1. The molecule has 2 N–H and O–H groups in total. The van der Waals surface area contributed by atoms with E-state index in [1.165, 1.54) is 0 Å². The van der Waals surface area contributed by atoms with Crippen LogP contribution in [0.25, 0.3) is 0 Å². The lowest BCUT2D eigenvalue weighted by Crippen LogP contribution is -2.29. The summed E-state index contributed by atoms with van der Waals surface area (Å²) in [6.45, 7) is 1.96. The monoisotopic (exact) mass is 315 g/mol. The lowest BCUT2D eigenvalue weighted by Gasteiger charge is -2.15. The maximum Gasteiger partial charge on any atom is 0.307 e. The van der Waals surface area contributed by atoms with Gasteiger partial charge in [-0.1, -0.05) is 30.1 Å². The van der Waals surface area contributed by atoms with Crippen LogP contribution >= 0.6 is 23.2 Å². The summed E-state index contributed by atoms with van der Waals surface area (Å²) in [5.41, 5.74) is 0.521. The summed E-state index contributed by atoms with van der Waals surface area (Å²) in [7, 11) is 0. The highest BCUT2D eigenvalue weighted by Gasteiger charge is 2.41. The smallest absolute Gasteiger partial charge is 0.307 e. The van der Waals surface area contributed by atoms with Crippen LogP contribution in [0.15, 0.2) is 18.2 Å². The van der Waals surface area contributed by atoms with Gasteiger partial charge in [0.25, 0.3) is 0 Å². The van der Waals surface area contributed by atoms with E-state index in [9.17, 15) is 14.7 Å². The van der Waals surface area contributed by atoms with Gasteiger partial charge in [-0.25, -0.2) is 0 Å². The molecule has 0 saturated heterocycles. The van der Waals surface area contributed by atoms with E-state index < -0.39 is 17.8 Å². The fraction of sp³-hybridized carbons (Fsp3) is 0.429. The second kappa shape index (κ2) is 6.02. The van der Waals surface area contributed by atoms with Crippen molar-refractivity contribution < 1.29 is 14.7 Å². The zero-order valence-corrected chi connectivity index (χ0v) is 12.4. The van der Waals surface area contributed by atoms with Crippen molar-refractivity contribution in [2.45, 2.75) is 19.8 Å². The van der Waals surface area contributed by atoms with Crippen molar-refractivity contribution in [3.05, 3.63) is 28.2 Å². The zero-order valence-electron chi connectivity index (χ0n) is 10.9. The summed E-state index contributed by atoms with van der Waals surface area (Å²) in [6, 6.07) is 4.78. The second-order valence-corrected chi connectivity index (χ2v) is 6.06. The van der Waals surface area contributed by atoms with E-state index in [0.29, 0.717) is 28.6 Å². The Balaban J connectivity index is 2.11. The summed E-state index contributed by atoms with van der Waals surface area (Å²) >= 11 is 11.7. The van der Waals surface area contributed by atoms with Crippen LogP contribution in [-0.2, 0) is 9.59 Å². The molecule has 1 fully saturated rings. The summed E-state index contributed by atoms with van der Waals surface area (Å²) in [6.07, 6.45) is 1.12. The maximum atomic E-state index is 12.2. The second-order valence-electron chi connectivity index (χ2n) is 5.25. The number of carbonyl (C=O) groups excluding carboxylic acids is 1. The van der Waals surface area contributed by atoms with E-state index in [1.807, 2.05) is 6.92 Å². The highest BCUT2D eigenvalue weighted by Crippen LogP contribution is 2.37. The Morgan fingerprint density at radius 1 is 1.20 bits per heavy atom. The summed E-state index contributed by atoms with van der Waals surface area (Å²) in [5, 5.41) is 12.6. The van der Waals surface area contributed by atoms with E-state index in [4.69, 9.17) is 23.2 Å². The molecule has 108 valence electrons. The van der Waals surface area contributed by atoms with E-state index in [2.05, 4.69) is 5.32 Å². The van der Waals surface area contributed by atoms with E-state index in [-0.39, 0.29) is 11.8 Å².